The van der Waals surface area contributed by atoms with Crippen LogP contribution in [0.25, 0.3) is 11.3 Å². The topological polar surface area (TPSA) is 90.1 Å². The number of carbonyl (C=O) groups is 1. The van der Waals surface area contributed by atoms with Crippen LogP contribution in [0.15, 0.2) is 16.8 Å². The molecule has 2 fully saturated rings. The van der Waals surface area contributed by atoms with Gasteiger partial charge in [0.25, 0.3) is 0 Å². The second kappa shape index (κ2) is 9.25. The van der Waals surface area contributed by atoms with Crippen molar-refractivity contribution in [2.45, 2.75) is 64.7 Å². The van der Waals surface area contributed by atoms with Crippen LogP contribution in [0, 0.1) is 18.8 Å². The van der Waals surface area contributed by atoms with Gasteiger partial charge < -0.3 is 14.6 Å². The Balaban J connectivity index is 1.42. The van der Waals surface area contributed by atoms with Gasteiger partial charge in [-0.1, -0.05) is 19.0 Å². The van der Waals surface area contributed by atoms with E-state index in [0.29, 0.717) is 25.0 Å². The third kappa shape index (κ3) is 4.72. The summed E-state index contributed by atoms with van der Waals surface area (Å²) in [5.74, 6) is 2.97. The Bertz CT molecular complexity index is 865. The summed E-state index contributed by atoms with van der Waals surface area (Å²) < 4.78 is 10.9. The van der Waals surface area contributed by atoms with Crippen molar-refractivity contribution in [2.75, 3.05) is 19.8 Å². The minimum Gasteiger partial charge on any atom is -0.381 e. The van der Waals surface area contributed by atoms with Crippen LogP contribution in [-0.2, 0) is 9.53 Å². The first kappa shape index (κ1) is 21.0. The Morgan fingerprint density at radius 1 is 1.23 bits per heavy atom. The van der Waals surface area contributed by atoms with Crippen LogP contribution in [-0.4, -0.2) is 40.8 Å². The predicted octanol–water partition coefficient (Wildman–Crippen LogP) is 3.99. The number of aromatic nitrogens is 3. The summed E-state index contributed by atoms with van der Waals surface area (Å²) in [6.07, 6.45) is 7.02. The van der Waals surface area contributed by atoms with Gasteiger partial charge in [0, 0.05) is 37.3 Å². The van der Waals surface area contributed by atoms with Crippen LogP contribution in [0.2, 0.25) is 0 Å². The van der Waals surface area contributed by atoms with Crippen molar-refractivity contribution in [1.82, 2.24) is 20.4 Å². The van der Waals surface area contributed by atoms with Crippen molar-refractivity contribution in [1.29, 1.82) is 0 Å². The average Bonchev–Trinajstić information content (AvgIpc) is 3.44. The molecule has 2 aliphatic rings. The maximum absolute atomic E-state index is 12.3. The van der Waals surface area contributed by atoms with E-state index in [0.717, 1.165) is 67.2 Å². The minimum atomic E-state index is 0.0322. The molecule has 4 rings (SSSR count). The monoisotopic (exact) mass is 412 g/mol. The van der Waals surface area contributed by atoms with Crippen molar-refractivity contribution in [3.05, 3.63) is 29.5 Å². The first-order valence-corrected chi connectivity index (χ1v) is 11.2. The molecule has 7 nitrogen and oxygen atoms in total. The SMILES string of the molecule is Cc1cc(-c2cnc(C(C)C)nc2C2CCC(CNC(=O)[C@H]3CCOC3)CC2)on1. The van der Waals surface area contributed by atoms with Crippen molar-refractivity contribution in [2.24, 2.45) is 11.8 Å². The summed E-state index contributed by atoms with van der Waals surface area (Å²) in [7, 11) is 0. The lowest BCUT2D eigenvalue weighted by atomic mass is 9.79. The molecule has 1 aliphatic heterocycles. The number of hydrogen-bond acceptors (Lipinski definition) is 6. The number of hydrogen-bond donors (Lipinski definition) is 1. The van der Waals surface area contributed by atoms with E-state index in [1.165, 1.54) is 0 Å². The standard InChI is InChI=1S/C23H32N4O3/c1-14(2)22-24-12-19(20-10-15(3)27-30-20)21(26-22)17-6-4-16(5-7-17)11-25-23(28)18-8-9-29-13-18/h10,12,14,16-18H,4-9,11,13H2,1-3H3,(H,25,28)/t16?,17?,18-/m0/s1. The highest BCUT2D eigenvalue weighted by Gasteiger charge is 2.29. The fourth-order valence-corrected chi connectivity index (χ4v) is 4.45. The Hall–Kier alpha value is -2.28. The number of rotatable bonds is 6. The highest BCUT2D eigenvalue weighted by molar-refractivity contribution is 5.78. The van der Waals surface area contributed by atoms with Crippen LogP contribution in [0.4, 0.5) is 0 Å². The highest BCUT2D eigenvalue weighted by atomic mass is 16.5. The van der Waals surface area contributed by atoms with E-state index in [1.807, 2.05) is 19.2 Å². The van der Waals surface area contributed by atoms with Crippen molar-refractivity contribution in [3.63, 3.8) is 0 Å². The molecule has 1 aliphatic carbocycles. The van der Waals surface area contributed by atoms with Gasteiger partial charge in [-0.05, 0) is 44.9 Å². The molecule has 0 radical (unpaired) electrons. The Kier molecular flexibility index (Phi) is 6.46. The number of ether oxygens (including phenoxy) is 1. The van der Waals surface area contributed by atoms with Crippen LogP contribution in [0.5, 0.6) is 0 Å². The quantitative estimate of drug-likeness (QED) is 0.771. The Morgan fingerprint density at radius 2 is 2.03 bits per heavy atom. The van der Waals surface area contributed by atoms with Crippen molar-refractivity contribution < 1.29 is 14.1 Å². The number of carbonyl (C=O) groups excluding carboxylic acids is 1. The molecule has 2 aromatic rings. The molecule has 1 atom stereocenters. The van der Waals surface area contributed by atoms with E-state index in [9.17, 15) is 4.79 Å². The number of nitrogens with one attached hydrogen (secondary N) is 1. The smallest absolute Gasteiger partial charge is 0.225 e. The van der Waals surface area contributed by atoms with Crippen LogP contribution in [0.1, 0.15) is 75.0 Å². The van der Waals surface area contributed by atoms with Gasteiger partial charge >= 0.3 is 0 Å². The third-order valence-corrected chi connectivity index (χ3v) is 6.35. The molecule has 0 bridgehead atoms. The van der Waals surface area contributed by atoms with E-state index >= 15 is 0 Å². The molecule has 1 amide bonds. The number of aryl methyl sites for hydroxylation is 1. The van der Waals surface area contributed by atoms with E-state index in [1.54, 1.807) is 0 Å². The molecule has 0 aromatic carbocycles. The lowest BCUT2D eigenvalue weighted by molar-refractivity contribution is -0.125. The van der Waals surface area contributed by atoms with E-state index in [-0.39, 0.29) is 17.7 Å². The fourth-order valence-electron chi connectivity index (χ4n) is 4.45. The van der Waals surface area contributed by atoms with Gasteiger partial charge in [0.1, 0.15) is 5.82 Å². The second-order valence-electron chi connectivity index (χ2n) is 9.04. The van der Waals surface area contributed by atoms with E-state index in [4.69, 9.17) is 14.2 Å². The van der Waals surface area contributed by atoms with Gasteiger partial charge in [-0.25, -0.2) is 9.97 Å². The molecule has 30 heavy (non-hydrogen) atoms. The lowest BCUT2D eigenvalue weighted by Gasteiger charge is -2.29. The van der Waals surface area contributed by atoms with Gasteiger partial charge in [-0.2, -0.15) is 0 Å². The van der Waals surface area contributed by atoms with Gasteiger partial charge in [-0.15, -0.1) is 0 Å². The van der Waals surface area contributed by atoms with Gasteiger partial charge in [0.2, 0.25) is 5.91 Å². The molecular formula is C23H32N4O3. The summed E-state index contributed by atoms with van der Waals surface area (Å²) in [5.41, 5.74) is 2.89. The average molecular weight is 413 g/mol. The summed E-state index contributed by atoms with van der Waals surface area (Å²) >= 11 is 0. The second-order valence-corrected chi connectivity index (χ2v) is 9.04. The Morgan fingerprint density at radius 3 is 2.67 bits per heavy atom. The van der Waals surface area contributed by atoms with E-state index in [2.05, 4.69) is 29.3 Å². The van der Waals surface area contributed by atoms with Gasteiger partial charge in [-0.3, -0.25) is 4.79 Å². The summed E-state index contributed by atoms with van der Waals surface area (Å²) in [5, 5.41) is 7.19. The molecule has 0 spiro atoms. The summed E-state index contributed by atoms with van der Waals surface area (Å²) in [6.45, 7) is 8.19. The maximum Gasteiger partial charge on any atom is 0.225 e. The largest absolute Gasteiger partial charge is 0.381 e. The molecular weight excluding hydrogens is 380 g/mol. The van der Waals surface area contributed by atoms with Crippen molar-refractivity contribution in [3.8, 4) is 11.3 Å². The molecule has 1 saturated heterocycles. The molecule has 2 aromatic heterocycles. The molecule has 1 saturated carbocycles. The molecule has 3 heterocycles. The fraction of sp³-hybridized carbons (Fsp3) is 0.652. The summed E-state index contributed by atoms with van der Waals surface area (Å²) in [6, 6.07) is 1.95. The minimum absolute atomic E-state index is 0.0322. The van der Waals surface area contributed by atoms with E-state index < -0.39 is 0 Å². The number of nitrogens with zero attached hydrogens (tertiary/aromatic N) is 3. The first-order valence-electron chi connectivity index (χ1n) is 11.2. The molecule has 7 heteroatoms. The summed E-state index contributed by atoms with van der Waals surface area (Å²) in [4.78, 5) is 21.8. The zero-order valence-electron chi connectivity index (χ0n) is 18.2. The highest BCUT2D eigenvalue weighted by Crippen LogP contribution is 2.39. The zero-order valence-corrected chi connectivity index (χ0v) is 18.2. The van der Waals surface area contributed by atoms with Crippen molar-refractivity contribution >= 4 is 5.91 Å². The number of amides is 1. The lowest BCUT2D eigenvalue weighted by Crippen LogP contribution is -2.35. The zero-order chi connectivity index (χ0) is 21.1. The van der Waals surface area contributed by atoms with Gasteiger partial charge in [0.15, 0.2) is 5.76 Å². The third-order valence-electron chi connectivity index (χ3n) is 6.35. The predicted molar refractivity (Wildman–Crippen MR) is 113 cm³/mol. The van der Waals surface area contributed by atoms with Crippen LogP contribution < -0.4 is 5.32 Å². The van der Waals surface area contributed by atoms with Crippen LogP contribution >= 0.6 is 0 Å². The van der Waals surface area contributed by atoms with Crippen LogP contribution in [0.3, 0.4) is 0 Å². The Labute approximate surface area is 178 Å². The molecule has 162 valence electrons. The van der Waals surface area contributed by atoms with Gasteiger partial charge in [0.05, 0.1) is 29.5 Å². The first-order chi connectivity index (χ1) is 14.5. The maximum atomic E-state index is 12.3. The molecule has 1 N–H and O–H groups in total. The normalized spacial score (nSPS) is 24.3. The molecule has 0 unspecified atom stereocenters.